The Hall–Kier alpha value is -3.33. The Morgan fingerprint density at radius 2 is 2.22 bits per heavy atom. The van der Waals surface area contributed by atoms with Gasteiger partial charge in [0.2, 0.25) is 0 Å². The van der Waals surface area contributed by atoms with Crippen molar-refractivity contribution < 1.29 is 4.79 Å². The third-order valence-corrected chi connectivity index (χ3v) is 3.41. The van der Waals surface area contributed by atoms with Crippen molar-refractivity contribution in [2.24, 2.45) is 0 Å². The molecule has 0 spiro atoms. The number of H-pyrrole nitrogens is 1. The molecule has 0 aliphatic heterocycles. The molecule has 3 rings (SSSR count). The van der Waals surface area contributed by atoms with Crippen molar-refractivity contribution in [2.75, 3.05) is 0 Å². The number of nitrogens with one attached hydrogen (secondary N) is 1. The van der Waals surface area contributed by atoms with Crippen LogP contribution in [-0.4, -0.2) is 25.7 Å². The molecule has 0 aromatic carbocycles. The van der Waals surface area contributed by atoms with Crippen LogP contribution in [0.5, 0.6) is 0 Å². The van der Waals surface area contributed by atoms with Gasteiger partial charge in [-0.1, -0.05) is 12.1 Å². The van der Waals surface area contributed by atoms with Crippen molar-refractivity contribution in [1.82, 2.24) is 19.9 Å². The van der Waals surface area contributed by atoms with E-state index < -0.39 is 0 Å². The maximum Gasteiger partial charge on any atom is 0.169 e. The van der Waals surface area contributed by atoms with Crippen LogP contribution in [0.1, 0.15) is 12.5 Å². The van der Waals surface area contributed by atoms with Gasteiger partial charge in [0.05, 0.1) is 17.5 Å². The maximum atomic E-state index is 11.3. The van der Waals surface area contributed by atoms with Crippen LogP contribution in [0.15, 0.2) is 48.4 Å². The highest BCUT2D eigenvalue weighted by Crippen LogP contribution is 2.20. The molecule has 23 heavy (non-hydrogen) atoms. The Kier molecular flexibility index (Phi) is 3.93. The number of fused-ring (bicyclic) bond motifs is 1. The zero-order valence-electron chi connectivity index (χ0n) is 12.4. The minimum Gasteiger partial charge on any atom is -0.345 e. The Labute approximate surface area is 132 Å². The van der Waals surface area contributed by atoms with E-state index in [-0.39, 0.29) is 11.4 Å². The fraction of sp³-hybridized carbons (Fsp3) is 0.118. The Bertz CT molecular complexity index is 935. The highest BCUT2D eigenvalue weighted by atomic mass is 16.1. The van der Waals surface area contributed by atoms with E-state index in [0.717, 1.165) is 11.3 Å². The zero-order chi connectivity index (χ0) is 16.2. The minimum absolute atomic E-state index is 0.146. The van der Waals surface area contributed by atoms with Crippen molar-refractivity contribution in [2.45, 2.75) is 13.3 Å². The van der Waals surface area contributed by atoms with Gasteiger partial charge in [-0.2, -0.15) is 5.26 Å². The predicted octanol–water partition coefficient (Wildman–Crippen LogP) is 2.60. The molecule has 1 N–H and O–H groups in total. The van der Waals surface area contributed by atoms with E-state index in [9.17, 15) is 4.79 Å². The fourth-order valence-electron chi connectivity index (χ4n) is 2.22. The molecule has 0 atom stereocenters. The molecule has 112 valence electrons. The second-order valence-corrected chi connectivity index (χ2v) is 4.97. The van der Waals surface area contributed by atoms with E-state index >= 15 is 0 Å². The summed E-state index contributed by atoms with van der Waals surface area (Å²) in [4.78, 5) is 27.6. The molecular formula is C17H13N5O. The summed E-state index contributed by atoms with van der Waals surface area (Å²) in [6, 6.07) is 7.50. The van der Waals surface area contributed by atoms with Gasteiger partial charge in [0.1, 0.15) is 17.3 Å². The molecule has 0 saturated heterocycles. The molecular weight excluding hydrogens is 290 g/mol. The number of aromatic amines is 1. The highest BCUT2D eigenvalue weighted by Gasteiger charge is 2.10. The summed E-state index contributed by atoms with van der Waals surface area (Å²) in [5.74, 6) is -0.243. The second kappa shape index (κ2) is 6.20. The van der Waals surface area contributed by atoms with Gasteiger partial charge in [0.25, 0.3) is 0 Å². The molecule has 0 unspecified atom stereocenters. The van der Waals surface area contributed by atoms with Crippen LogP contribution in [0.4, 0.5) is 0 Å². The van der Waals surface area contributed by atoms with Crippen LogP contribution >= 0.6 is 0 Å². The first-order chi connectivity index (χ1) is 11.2. The lowest BCUT2D eigenvalue weighted by Crippen LogP contribution is -1.95. The lowest BCUT2D eigenvalue weighted by molar-refractivity contribution is -0.113. The number of carbonyl (C=O) groups excluding carboxylic acids is 1. The molecule has 0 aliphatic carbocycles. The SMILES string of the molecule is CC(=O)C(C#N)=CCc1c[nH]c2ncc(-c3ccccn3)nc12. The van der Waals surface area contributed by atoms with Gasteiger partial charge >= 0.3 is 0 Å². The molecule has 0 fully saturated rings. The molecule has 6 heteroatoms. The molecule has 3 aromatic rings. The largest absolute Gasteiger partial charge is 0.345 e. The third-order valence-electron chi connectivity index (χ3n) is 3.41. The van der Waals surface area contributed by atoms with Crippen molar-refractivity contribution in [3.63, 3.8) is 0 Å². The monoisotopic (exact) mass is 303 g/mol. The van der Waals surface area contributed by atoms with Crippen LogP contribution in [-0.2, 0) is 11.2 Å². The van der Waals surface area contributed by atoms with E-state index in [4.69, 9.17) is 5.26 Å². The number of carbonyl (C=O) groups is 1. The number of nitrogens with zero attached hydrogens (tertiary/aromatic N) is 4. The van der Waals surface area contributed by atoms with Crippen molar-refractivity contribution >= 4 is 16.9 Å². The lowest BCUT2D eigenvalue weighted by Gasteiger charge is -2.00. The fourth-order valence-corrected chi connectivity index (χ4v) is 2.22. The van der Waals surface area contributed by atoms with E-state index in [1.807, 2.05) is 24.3 Å². The predicted molar refractivity (Wildman–Crippen MR) is 85.2 cm³/mol. The second-order valence-electron chi connectivity index (χ2n) is 4.97. The number of allylic oxidation sites excluding steroid dienone is 2. The number of nitriles is 1. The number of hydrogen-bond donors (Lipinski definition) is 1. The number of rotatable bonds is 4. The van der Waals surface area contributed by atoms with E-state index in [1.165, 1.54) is 6.92 Å². The average molecular weight is 303 g/mol. The number of pyridine rings is 1. The van der Waals surface area contributed by atoms with Gasteiger partial charge in [-0.15, -0.1) is 0 Å². The number of hydrogen-bond acceptors (Lipinski definition) is 5. The molecule has 3 heterocycles. The summed E-state index contributed by atoms with van der Waals surface area (Å²) in [5, 5.41) is 8.95. The van der Waals surface area contributed by atoms with Gasteiger partial charge in [0.15, 0.2) is 11.4 Å². The summed E-state index contributed by atoms with van der Waals surface area (Å²) >= 11 is 0. The van der Waals surface area contributed by atoms with Crippen LogP contribution in [0.3, 0.4) is 0 Å². The van der Waals surface area contributed by atoms with E-state index in [0.29, 0.717) is 23.3 Å². The normalized spacial score (nSPS) is 11.4. The van der Waals surface area contributed by atoms with Gasteiger partial charge in [-0.3, -0.25) is 9.78 Å². The van der Waals surface area contributed by atoms with Crippen LogP contribution < -0.4 is 0 Å². The molecule has 0 amide bonds. The lowest BCUT2D eigenvalue weighted by atomic mass is 10.1. The number of aromatic nitrogens is 4. The van der Waals surface area contributed by atoms with Crippen LogP contribution in [0.25, 0.3) is 22.6 Å². The quantitative estimate of drug-likeness (QED) is 0.590. The van der Waals surface area contributed by atoms with E-state index in [1.54, 1.807) is 24.7 Å². The maximum absolute atomic E-state index is 11.3. The van der Waals surface area contributed by atoms with Gasteiger partial charge in [-0.05, 0) is 25.5 Å². The molecule has 0 saturated carbocycles. The summed E-state index contributed by atoms with van der Waals surface area (Å²) in [6.45, 7) is 1.38. The standard InChI is InChI=1S/C17H13N5O/c1-11(23)12(8-18)5-6-13-9-20-17-16(13)22-15(10-21-17)14-4-2-3-7-19-14/h2-5,7,9-10H,6H2,1H3,(H,20,21). The first-order valence-electron chi connectivity index (χ1n) is 7.04. The average Bonchev–Trinajstić information content (AvgIpc) is 2.98. The minimum atomic E-state index is -0.243. The van der Waals surface area contributed by atoms with Gasteiger partial charge < -0.3 is 4.98 Å². The van der Waals surface area contributed by atoms with Crippen molar-refractivity contribution in [3.05, 3.63) is 54.0 Å². The highest BCUT2D eigenvalue weighted by molar-refractivity contribution is 5.97. The topological polar surface area (TPSA) is 95.3 Å². The van der Waals surface area contributed by atoms with Crippen molar-refractivity contribution in [3.8, 4) is 17.5 Å². The van der Waals surface area contributed by atoms with Crippen LogP contribution in [0, 0.1) is 11.3 Å². The number of Topliss-reactive ketones (excluding diaryl/α,β-unsaturated/α-hetero) is 1. The van der Waals surface area contributed by atoms with Crippen LogP contribution in [0.2, 0.25) is 0 Å². The Morgan fingerprint density at radius 3 is 2.91 bits per heavy atom. The van der Waals surface area contributed by atoms with E-state index in [2.05, 4.69) is 19.9 Å². The van der Waals surface area contributed by atoms with Gasteiger partial charge in [0, 0.05) is 18.0 Å². The summed E-state index contributed by atoms with van der Waals surface area (Å²) in [7, 11) is 0. The molecule has 0 radical (unpaired) electrons. The zero-order valence-corrected chi connectivity index (χ0v) is 12.4. The van der Waals surface area contributed by atoms with Crippen molar-refractivity contribution in [1.29, 1.82) is 5.26 Å². The molecule has 6 nitrogen and oxygen atoms in total. The first-order valence-corrected chi connectivity index (χ1v) is 7.04. The molecule has 3 aromatic heterocycles. The molecule has 0 bridgehead atoms. The Morgan fingerprint density at radius 1 is 1.35 bits per heavy atom. The number of ketones is 1. The first kappa shape index (κ1) is 14.6. The Balaban J connectivity index is 2.00. The summed E-state index contributed by atoms with van der Waals surface area (Å²) in [5.41, 5.74) is 3.81. The third kappa shape index (κ3) is 2.99. The summed E-state index contributed by atoms with van der Waals surface area (Å²) in [6.07, 6.45) is 7.20. The smallest absolute Gasteiger partial charge is 0.169 e. The molecule has 0 aliphatic rings. The summed E-state index contributed by atoms with van der Waals surface area (Å²) < 4.78 is 0. The van der Waals surface area contributed by atoms with Gasteiger partial charge in [-0.25, -0.2) is 9.97 Å².